The fraction of sp³-hybridized carbons (Fsp3) is 0.423. The van der Waals surface area contributed by atoms with Crippen LogP contribution in [0.2, 0.25) is 0 Å². The van der Waals surface area contributed by atoms with E-state index in [2.05, 4.69) is 24.1 Å². The van der Waals surface area contributed by atoms with Crippen LogP contribution in [0.1, 0.15) is 32.3 Å². The van der Waals surface area contributed by atoms with E-state index in [9.17, 15) is 14.4 Å². The van der Waals surface area contributed by atoms with Crippen molar-refractivity contribution in [1.29, 1.82) is 0 Å². The summed E-state index contributed by atoms with van der Waals surface area (Å²) in [6.45, 7) is 6.94. The van der Waals surface area contributed by atoms with Crippen LogP contribution in [0.4, 0.5) is 10.5 Å². The van der Waals surface area contributed by atoms with Crippen LogP contribution in [0.3, 0.4) is 0 Å². The van der Waals surface area contributed by atoms with Crippen molar-refractivity contribution in [2.75, 3.05) is 31.1 Å². The highest BCUT2D eigenvalue weighted by Gasteiger charge is 2.52. The Labute approximate surface area is 195 Å². The zero-order chi connectivity index (χ0) is 23.4. The monoisotopic (exact) mass is 448 g/mol. The van der Waals surface area contributed by atoms with Gasteiger partial charge in [-0.25, -0.2) is 4.79 Å². The molecule has 0 aromatic heterocycles. The first-order valence-electron chi connectivity index (χ1n) is 11.6. The fourth-order valence-electron chi connectivity index (χ4n) is 4.71. The number of hydrogen-bond acceptors (Lipinski definition) is 4. The predicted molar refractivity (Wildman–Crippen MR) is 128 cm³/mol. The summed E-state index contributed by atoms with van der Waals surface area (Å²) in [5.74, 6) is -0.0174. The zero-order valence-corrected chi connectivity index (χ0v) is 19.4. The van der Waals surface area contributed by atoms with E-state index < -0.39 is 11.6 Å². The van der Waals surface area contributed by atoms with E-state index in [0.29, 0.717) is 25.3 Å². The second-order valence-corrected chi connectivity index (χ2v) is 9.40. The Morgan fingerprint density at radius 1 is 1.00 bits per heavy atom. The molecule has 0 atom stereocenters. The highest BCUT2D eigenvalue weighted by molar-refractivity contribution is 6.10. The second-order valence-electron chi connectivity index (χ2n) is 9.40. The average Bonchev–Trinajstić information content (AvgIpc) is 3.04. The zero-order valence-electron chi connectivity index (χ0n) is 19.4. The maximum Gasteiger partial charge on any atom is 0.325 e. The van der Waals surface area contributed by atoms with Gasteiger partial charge in [-0.2, -0.15) is 0 Å². The molecular weight excluding hydrogens is 416 g/mol. The van der Waals surface area contributed by atoms with Gasteiger partial charge in [-0.1, -0.05) is 62.4 Å². The predicted octanol–water partition coefficient (Wildman–Crippen LogP) is 3.26. The lowest BCUT2D eigenvalue weighted by atomic mass is 9.87. The number of urea groups is 1. The Morgan fingerprint density at radius 2 is 1.61 bits per heavy atom. The maximum absolute atomic E-state index is 13.4. The number of hydrogen-bond donors (Lipinski definition) is 1. The van der Waals surface area contributed by atoms with Gasteiger partial charge in [0.1, 0.15) is 12.1 Å². The lowest BCUT2D eigenvalue weighted by molar-refractivity contribution is -0.135. The summed E-state index contributed by atoms with van der Waals surface area (Å²) in [5, 5.41) is 2.92. The van der Waals surface area contributed by atoms with Crippen LogP contribution in [-0.2, 0) is 16.1 Å². The van der Waals surface area contributed by atoms with Gasteiger partial charge >= 0.3 is 6.03 Å². The Balaban J connectivity index is 1.48. The number of nitrogens with one attached hydrogen (secondary N) is 1. The molecule has 2 saturated heterocycles. The molecule has 0 radical (unpaired) electrons. The maximum atomic E-state index is 13.4. The number of likely N-dealkylation sites (tertiary alicyclic amines) is 1. The smallest absolute Gasteiger partial charge is 0.323 e. The number of rotatable bonds is 7. The number of para-hydroxylation sites is 1. The Kier molecular flexibility index (Phi) is 6.79. The molecule has 4 amide bonds. The lowest BCUT2D eigenvalue weighted by Crippen LogP contribution is -2.55. The third kappa shape index (κ3) is 5.09. The number of piperidine rings is 1. The molecule has 2 heterocycles. The summed E-state index contributed by atoms with van der Waals surface area (Å²) < 4.78 is 0. The van der Waals surface area contributed by atoms with Crippen molar-refractivity contribution >= 4 is 23.5 Å². The van der Waals surface area contributed by atoms with E-state index in [1.54, 1.807) is 4.90 Å². The van der Waals surface area contributed by atoms with Gasteiger partial charge in [-0.15, -0.1) is 0 Å². The van der Waals surface area contributed by atoms with Crippen LogP contribution in [0.15, 0.2) is 60.7 Å². The van der Waals surface area contributed by atoms with Crippen molar-refractivity contribution in [3.63, 3.8) is 0 Å². The third-order valence-corrected chi connectivity index (χ3v) is 6.42. The lowest BCUT2D eigenvalue weighted by Gasteiger charge is -2.38. The van der Waals surface area contributed by atoms with Crippen LogP contribution in [-0.4, -0.2) is 59.4 Å². The van der Waals surface area contributed by atoms with Gasteiger partial charge in [0.15, 0.2) is 0 Å². The number of carbonyl (C=O) groups excluding carboxylic acids is 3. The van der Waals surface area contributed by atoms with Crippen molar-refractivity contribution in [3.8, 4) is 0 Å². The minimum atomic E-state index is -0.887. The minimum absolute atomic E-state index is 0.274. The number of nitrogens with zero attached hydrogens (tertiary/aromatic N) is 3. The normalized spacial score (nSPS) is 18.1. The topological polar surface area (TPSA) is 73.0 Å². The van der Waals surface area contributed by atoms with Crippen molar-refractivity contribution in [2.45, 2.75) is 38.8 Å². The number of amides is 4. The van der Waals surface area contributed by atoms with Gasteiger partial charge in [0.25, 0.3) is 5.91 Å². The van der Waals surface area contributed by atoms with E-state index in [1.165, 1.54) is 0 Å². The SMILES string of the molecule is CC(C)CN1CCC2(CC1)NC(=O)N(CC(=O)N(Cc1ccccc1)c1ccccc1)C2=O. The summed E-state index contributed by atoms with van der Waals surface area (Å²) in [6, 6.07) is 18.6. The Hall–Kier alpha value is -3.19. The first-order valence-corrected chi connectivity index (χ1v) is 11.6. The van der Waals surface area contributed by atoms with Crippen LogP contribution in [0, 0.1) is 5.92 Å². The summed E-state index contributed by atoms with van der Waals surface area (Å²) in [7, 11) is 0. The van der Waals surface area contributed by atoms with Gasteiger partial charge in [-0.3, -0.25) is 14.5 Å². The standard InChI is InChI=1S/C26H32N4O3/c1-20(2)17-28-15-13-26(14-16-28)24(32)30(25(33)27-26)19-23(31)29(22-11-7-4-8-12-22)18-21-9-5-3-6-10-21/h3-12,20H,13-19H2,1-2H3,(H,27,33). The Bertz CT molecular complexity index is 985. The first-order chi connectivity index (χ1) is 15.9. The molecule has 0 unspecified atom stereocenters. The number of imide groups is 1. The van der Waals surface area contributed by atoms with Gasteiger partial charge < -0.3 is 15.1 Å². The molecule has 2 fully saturated rings. The summed E-state index contributed by atoms with van der Waals surface area (Å²) >= 11 is 0. The number of anilines is 1. The van der Waals surface area contributed by atoms with Crippen molar-refractivity contribution in [2.24, 2.45) is 5.92 Å². The van der Waals surface area contributed by atoms with Crippen molar-refractivity contribution in [1.82, 2.24) is 15.1 Å². The van der Waals surface area contributed by atoms with E-state index >= 15 is 0 Å². The molecule has 2 aromatic rings. The molecule has 1 N–H and O–H groups in total. The van der Waals surface area contributed by atoms with E-state index in [1.807, 2.05) is 60.7 Å². The van der Waals surface area contributed by atoms with Gasteiger partial charge in [0, 0.05) is 25.3 Å². The van der Waals surface area contributed by atoms with Gasteiger partial charge in [0.05, 0.1) is 6.54 Å². The van der Waals surface area contributed by atoms with E-state index in [-0.39, 0.29) is 18.4 Å². The quantitative estimate of drug-likeness (QED) is 0.660. The van der Waals surface area contributed by atoms with Gasteiger partial charge in [0.2, 0.25) is 5.91 Å². The molecule has 0 aliphatic carbocycles. The molecule has 7 nitrogen and oxygen atoms in total. The molecule has 2 aliphatic rings. The fourth-order valence-corrected chi connectivity index (χ4v) is 4.71. The van der Waals surface area contributed by atoms with Gasteiger partial charge in [-0.05, 0) is 36.5 Å². The largest absolute Gasteiger partial charge is 0.325 e. The molecule has 174 valence electrons. The summed E-state index contributed by atoms with van der Waals surface area (Å²) in [5.41, 5.74) is 0.818. The molecule has 4 rings (SSSR count). The highest BCUT2D eigenvalue weighted by Crippen LogP contribution is 2.30. The molecule has 2 aliphatic heterocycles. The first kappa shape index (κ1) is 23.0. The molecular formula is C26H32N4O3. The minimum Gasteiger partial charge on any atom is -0.323 e. The Morgan fingerprint density at radius 3 is 2.21 bits per heavy atom. The summed E-state index contributed by atoms with van der Waals surface area (Å²) in [6.07, 6.45) is 1.14. The van der Waals surface area contributed by atoms with Crippen molar-refractivity contribution in [3.05, 3.63) is 66.2 Å². The van der Waals surface area contributed by atoms with Crippen molar-refractivity contribution < 1.29 is 14.4 Å². The third-order valence-electron chi connectivity index (χ3n) is 6.42. The molecule has 0 saturated carbocycles. The second kappa shape index (κ2) is 9.75. The molecule has 7 heteroatoms. The molecule has 2 aromatic carbocycles. The van der Waals surface area contributed by atoms with Crippen LogP contribution in [0.5, 0.6) is 0 Å². The molecule has 33 heavy (non-hydrogen) atoms. The van der Waals surface area contributed by atoms with E-state index in [0.717, 1.165) is 35.8 Å². The van der Waals surface area contributed by atoms with E-state index in [4.69, 9.17) is 0 Å². The van der Waals surface area contributed by atoms with Crippen LogP contribution < -0.4 is 10.2 Å². The molecule has 1 spiro atoms. The van der Waals surface area contributed by atoms with Crippen LogP contribution in [0.25, 0.3) is 0 Å². The average molecular weight is 449 g/mol. The number of benzene rings is 2. The highest BCUT2D eigenvalue weighted by atomic mass is 16.2. The number of carbonyl (C=O) groups is 3. The summed E-state index contributed by atoms with van der Waals surface area (Å²) in [4.78, 5) is 44.6. The molecule has 0 bridgehead atoms. The van der Waals surface area contributed by atoms with Crippen LogP contribution >= 0.6 is 0 Å².